The topological polar surface area (TPSA) is 82.0 Å². The molecule has 0 unspecified atom stereocenters. The Morgan fingerprint density at radius 1 is 1.25 bits per heavy atom. The van der Waals surface area contributed by atoms with Gasteiger partial charge in [-0.3, -0.25) is 4.79 Å². The summed E-state index contributed by atoms with van der Waals surface area (Å²) in [6, 6.07) is 15.2. The zero-order chi connectivity index (χ0) is 19.5. The van der Waals surface area contributed by atoms with Crippen molar-refractivity contribution in [2.45, 2.75) is 12.5 Å². The van der Waals surface area contributed by atoms with E-state index in [0.717, 1.165) is 11.3 Å². The summed E-state index contributed by atoms with van der Waals surface area (Å²) in [4.78, 5) is 12.8. The number of rotatable bonds is 5. The van der Waals surface area contributed by atoms with E-state index in [1.165, 1.54) is 17.3 Å². The van der Waals surface area contributed by atoms with Gasteiger partial charge in [0.1, 0.15) is 11.8 Å². The number of ether oxygens (including phenoxy) is 1. The minimum Gasteiger partial charge on any atom is -0.616 e. The molecule has 1 atom stereocenters. The van der Waals surface area contributed by atoms with Crippen LogP contribution in [0.15, 0.2) is 76.6 Å². The Balaban J connectivity index is 1.56. The Kier molecular flexibility index (Phi) is 4.99. The highest BCUT2D eigenvalue weighted by Crippen LogP contribution is 2.33. The fourth-order valence-electron chi connectivity index (χ4n) is 2.99. The maximum Gasteiger partial charge on any atom is 0.379 e. The molecule has 7 nitrogen and oxygen atoms in total. The summed E-state index contributed by atoms with van der Waals surface area (Å²) in [5, 5.41) is 18.1. The number of benzene rings is 1. The Labute approximate surface area is 166 Å². The first-order chi connectivity index (χ1) is 13.6. The predicted octanol–water partition coefficient (Wildman–Crippen LogP) is 3.32. The molecule has 1 aromatic carbocycles. The van der Waals surface area contributed by atoms with Gasteiger partial charge < -0.3 is 14.4 Å². The van der Waals surface area contributed by atoms with Gasteiger partial charge in [0.2, 0.25) is 0 Å². The molecule has 0 saturated heterocycles. The molecule has 2 aromatic heterocycles. The summed E-state index contributed by atoms with van der Waals surface area (Å²) < 4.78 is 11.4. The lowest BCUT2D eigenvalue weighted by Gasteiger charge is -2.19. The van der Waals surface area contributed by atoms with Gasteiger partial charge in [0.15, 0.2) is 12.8 Å². The highest BCUT2D eigenvalue weighted by Gasteiger charge is 2.35. The molecule has 8 heteroatoms. The van der Waals surface area contributed by atoms with Crippen molar-refractivity contribution in [1.82, 2.24) is 5.01 Å². The second-order valence-corrected chi connectivity index (χ2v) is 6.62. The van der Waals surface area contributed by atoms with Crippen LogP contribution in [0.5, 0.6) is 5.88 Å². The lowest BCUT2D eigenvalue weighted by Crippen LogP contribution is -2.34. The zero-order valence-electron chi connectivity index (χ0n) is 14.7. The second kappa shape index (κ2) is 7.74. The van der Waals surface area contributed by atoms with E-state index in [2.05, 4.69) is 5.10 Å². The Hall–Kier alpha value is -3.32. The summed E-state index contributed by atoms with van der Waals surface area (Å²) >= 11 is 5.96. The van der Waals surface area contributed by atoms with Gasteiger partial charge in [-0.15, -0.1) is 4.73 Å². The number of aromatic nitrogens is 1. The van der Waals surface area contributed by atoms with Crippen molar-refractivity contribution in [3.63, 3.8) is 0 Å². The number of carbonyl (C=O) groups is 1. The van der Waals surface area contributed by atoms with Crippen LogP contribution in [0.4, 0.5) is 0 Å². The zero-order valence-corrected chi connectivity index (χ0v) is 15.5. The molecule has 1 aliphatic rings. The SMILES string of the molecule is O=C(COc1cccc[n+]1[O-])N1N=C(c2ccc(Cl)cc2)C[C@@H]1c1ccco1. The van der Waals surface area contributed by atoms with Crippen LogP contribution < -0.4 is 9.47 Å². The first-order valence-electron chi connectivity index (χ1n) is 8.61. The van der Waals surface area contributed by atoms with E-state index in [9.17, 15) is 10.0 Å². The van der Waals surface area contributed by atoms with Crippen LogP contribution in [-0.4, -0.2) is 23.2 Å². The number of nitrogens with zero attached hydrogens (tertiary/aromatic N) is 3. The van der Waals surface area contributed by atoms with Crippen molar-refractivity contribution >= 4 is 23.2 Å². The van der Waals surface area contributed by atoms with E-state index in [1.54, 1.807) is 42.7 Å². The minimum atomic E-state index is -0.382. The van der Waals surface area contributed by atoms with Crippen LogP contribution in [0, 0.1) is 5.21 Å². The maximum atomic E-state index is 12.8. The number of amides is 1. The van der Waals surface area contributed by atoms with Gasteiger partial charge in [-0.1, -0.05) is 23.7 Å². The third kappa shape index (κ3) is 3.70. The Morgan fingerprint density at radius 3 is 2.79 bits per heavy atom. The fourth-order valence-corrected chi connectivity index (χ4v) is 3.11. The van der Waals surface area contributed by atoms with Crippen molar-refractivity contribution in [2.75, 3.05) is 6.61 Å². The molecule has 3 heterocycles. The van der Waals surface area contributed by atoms with Crippen LogP contribution in [0.3, 0.4) is 0 Å². The molecule has 0 N–H and O–H groups in total. The highest BCUT2D eigenvalue weighted by atomic mass is 35.5. The van der Waals surface area contributed by atoms with Crippen LogP contribution in [0.25, 0.3) is 0 Å². The summed E-state index contributed by atoms with van der Waals surface area (Å²) in [7, 11) is 0. The number of pyridine rings is 1. The van der Waals surface area contributed by atoms with Gasteiger partial charge in [0.25, 0.3) is 5.91 Å². The number of hydrogen-bond acceptors (Lipinski definition) is 5. The van der Waals surface area contributed by atoms with E-state index >= 15 is 0 Å². The molecule has 4 rings (SSSR count). The van der Waals surface area contributed by atoms with Gasteiger partial charge in [-0.25, -0.2) is 5.01 Å². The summed E-state index contributed by atoms with van der Waals surface area (Å²) in [5.74, 6) is 0.292. The molecular weight excluding hydrogens is 382 g/mol. The van der Waals surface area contributed by atoms with Crippen molar-refractivity contribution < 1.29 is 18.7 Å². The van der Waals surface area contributed by atoms with E-state index < -0.39 is 0 Å². The normalized spacial score (nSPS) is 16.1. The molecular formula is C20H16ClN3O4. The lowest BCUT2D eigenvalue weighted by atomic mass is 10.0. The monoisotopic (exact) mass is 397 g/mol. The first kappa shape index (κ1) is 18.1. The molecule has 0 radical (unpaired) electrons. The third-order valence-corrected chi connectivity index (χ3v) is 4.60. The Morgan fingerprint density at radius 2 is 2.07 bits per heavy atom. The van der Waals surface area contributed by atoms with E-state index in [-0.39, 0.29) is 24.4 Å². The van der Waals surface area contributed by atoms with Gasteiger partial charge in [-0.2, -0.15) is 5.10 Å². The molecule has 0 bridgehead atoms. The molecule has 0 saturated carbocycles. The predicted molar refractivity (Wildman–Crippen MR) is 102 cm³/mol. The second-order valence-electron chi connectivity index (χ2n) is 6.18. The Bertz CT molecular complexity index is 1000. The van der Waals surface area contributed by atoms with Crippen LogP contribution >= 0.6 is 11.6 Å². The minimum absolute atomic E-state index is 0.0477. The molecule has 1 amide bonds. The largest absolute Gasteiger partial charge is 0.616 e. The number of halogens is 1. The molecule has 0 spiro atoms. The van der Waals surface area contributed by atoms with Crippen molar-refractivity contribution in [1.29, 1.82) is 0 Å². The smallest absolute Gasteiger partial charge is 0.379 e. The molecule has 3 aromatic rings. The van der Waals surface area contributed by atoms with Crippen LogP contribution in [-0.2, 0) is 4.79 Å². The molecule has 0 aliphatic carbocycles. The average Bonchev–Trinajstić information content (AvgIpc) is 3.37. The average molecular weight is 398 g/mol. The third-order valence-electron chi connectivity index (χ3n) is 4.35. The van der Waals surface area contributed by atoms with E-state index in [0.29, 0.717) is 21.9 Å². The van der Waals surface area contributed by atoms with Crippen LogP contribution in [0.2, 0.25) is 5.02 Å². The van der Waals surface area contributed by atoms with E-state index in [1.807, 2.05) is 12.1 Å². The maximum absolute atomic E-state index is 12.8. The molecule has 1 aliphatic heterocycles. The van der Waals surface area contributed by atoms with Gasteiger partial charge in [0.05, 0.1) is 18.0 Å². The number of furan rings is 1. The van der Waals surface area contributed by atoms with Gasteiger partial charge in [0, 0.05) is 17.5 Å². The molecule has 142 valence electrons. The number of hydrazone groups is 1. The number of carbonyl (C=O) groups excluding carboxylic acids is 1. The quantitative estimate of drug-likeness (QED) is 0.488. The lowest BCUT2D eigenvalue weighted by molar-refractivity contribution is -0.612. The summed E-state index contributed by atoms with van der Waals surface area (Å²) in [6.07, 6.45) is 3.35. The molecule has 28 heavy (non-hydrogen) atoms. The van der Waals surface area contributed by atoms with Crippen molar-refractivity contribution in [3.05, 3.63) is 88.6 Å². The summed E-state index contributed by atoms with van der Waals surface area (Å²) in [5.41, 5.74) is 1.61. The molecule has 0 fully saturated rings. The first-order valence-corrected chi connectivity index (χ1v) is 8.99. The van der Waals surface area contributed by atoms with Gasteiger partial charge in [-0.05, 0) is 35.9 Å². The standard InChI is InChI=1S/C20H16ClN3O4/c21-15-8-6-14(7-9-15)16-12-17(18-4-3-11-27-18)24(22-16)19(25)13-28-20-5-1-2-10-23(20)26/h1-11,17H,12-13H2/t17-/m1/s1. The highest BCUT2D eigenvalue weighted by molar-refractivity contribution is 6.30. The summed E-state index contributed by atoms with van der Waals surface area (Å²) in [6.45, 7) is -0.319. The van der Waals surface area contributed by atoms with Crippen molar-refractivity contribution in [3.8, 4) is 5.88 Å². The van der Waals surface area contributed by atoms with Gasteiger partial charge >= 0.3 is 5.88 Å². The fraction of sp³-hybridized carbons (Fsp3) is 0.150. The number of hydrogen-bond donors (Lipinski definition) is 0. The van der Waals surface area contributed by atoms with Crippen molar-refractivity contribution in [2.24, 2.45) is 5.10 Å². The van der Waals surface area contributed by atoms with Crippen LogP contribution in [0.1, 0.15) is 23.8 Å². The van der Waals surface area contributed by atoms with E-state index in [4.69, 9.17) is 20.8 Å².